The SMILES string of the molecule is O=C(NC1[C@H]2CNC[C@@H]12)N1CCC(C2CCCN2)CC1. The van der Waals surface area contributed by atoms with Gasteiger partial charge in [0.05, 0.1) is 0 Å². The average Bonchev–Trinajstić information content (AvgIpc) is 2.97. The Morgan fingerprint density at radius 3 is 2.50 bits per heavy atom. The summed E-state index contributed by atoms with van der Waals surface area (Å²) in [6.45, 7) is 5.24. The van der Waals surface area contributed by atoms with Gasteiger partial charge >= 0.3 is 6.03 Å². The quantitative estimate of drug-likeness (QED) is 0.684. The van der Waals surface area contributed by atoms with Crippen LogP contribution in [0, 0.1) is 17.8 Å². The first-order chi connectivity index (χ1) is 9.83. The molecule has 4 aliphatic rings. The maximum Gasteiger partial charge on any atom is 0.317 e. The molecule has 112 valence electrons. The van der Waals surface area contributed by atoms with Crippen molar-refractivity contribution in [3.8, 4) is 0 Å². The van der Waals surface area contributed by atoms with E-state index in [1.54, 1.807) is 0 Å². The number of piperidine rings is 2. The minimum atomic E-state index is 0.183. The zero-order valence-electron chi connectivity index (χ0n) is 12.1. The van der Waals surface area contributed by atoms with Gasteiger partial charge in [0.25, 0.3) is 0 Å². The highest BCUT2D eigenvalue weighted by atomic mass is 16.2. The molecule has 3 saturated heterocycles. The van der Waals surface area contributed by atoms with Crippen molar-refractivity contribution in [2.45, 2.75) is 37.8 Å². The topological polar surface area (TPSA) is 56.4 Å². The maximum absolute atomic E-state index is 12.3. The summed E-state index contributed by atoms with van der Waals surface area (Å²) in [6, 6.07) is 1.36. The highest BCUT2D eigenvalue weighted by Crippen LogP contribution is 2.41. The van der Waals surface area contributed by atoms with Crippen molar-refractivity contribution in [2.24, 2.45) is 17.8 Å². The zero-order valence-corrected chi connectivity index (χ0v) is 12.1. The number of urea groups is 1. The van der Waals surface area contributed by atoms with Gasteiger partial charge in [-0.3, -0.25) is 0 Å². The summed E-state index contributed by atoms with van der Waals surface area (Å²) in [5.41, 5.74) is 0. The van der Waals surface area contributed by atoms with Crippen LogP contribution in [0.25, 0.3) is 0 Å². The molecule has 4 fully saturated rings. The Labute approximate surface area is 120 Å². The average molecular weight is 278 g/mol. The molecule has 0 aromatic carbocycles. The minimum absolute atomic E-state index is 0.183. The second-order valence-electron chi connectivity index (χ2n) is 6.99. The molecule has 0 aromatic heterocycles. The lowest BCUT2D eigenvalue weighted by Gasteiger charge is -2.35. The number of fused-ring (bicyclic) bond motifs is 1. The summed E-state index contributed by atoms with van der Waals surface area (Å²) in [7, 11) is 0. The summed E-state index contributed by atoms with van der Waals surface area (Å²) in [5, 5.41) is 10.2. The molecule has 0 bridgehead atoms. The summed E-state index contributed by atoms with van der Waals surface area (Å²) in [4.78, 5) is 14.3. The summed E-state index contributed by atoms with van der Waals surface area (Å²) in [6.07, 6.45) is 4.99. The summed E-state index contributed by atoms with van der Waals surface area (Å²) in [5.74, 6) is 2.20. The predicted molar refractivity (Wildman–Crippen MR) is 77.5 cm³/mol. The third kappa shape index (κ3) is 2.31. The highest BCUT2D eigenvalue weighted by Gasteiger charge is 2.54. The molecule has 2 amide bonds. The lowest BCUT2D eigenvalue weighted by Crippen LogP contribution is -2.48. The van der Waals surface area contributed by atoms with Gasteiger partial charge in [-0.2, -0.15) is 0 Å². The molecule has 2 unspecified atom stereocenters. The van der Waals surface area contributed by atoms with E-state index < -0.39 is 0 Å². The predicted octanol–water partition coefficient (Wildman–Crippen LogP) is 0.378. The van der Waals surface area contributed by atoms with Crippen LogP contribution < -0.4 is 16.0 Å². The zero-order chi connectivity index (χ0) is 13.5. The van der Waals surface area contributed by atoms with Gasteiger partial charge in [0.1, 0.15) is 0 Å². The normalized spacial score (nSPS) is 40.7. The molecule has 0 spiro atoms. The maximum atomic E-state index is 12.3. The van der Waals surface area contributed by atoms with Crippen LogP contribution in [-0.2, 0) is 0 Å². The molecule has 3 aliphatic heterocycles. The Balaban J connectivity index is 1.23. The summed E-state index contributed by atoms with van der Waals surface area (Å²) >= 11 is 0. The Bertz CT molecular complexity index is 364. The van der Waals surface area contributed by atoms with E-state index in [0.717, 1.165) is 32.1 Å². The van der Waals surface area contributed by atoms with Crippen LogP contribution in [0.2, 0.25) is 0 Å². The Kier molecular flexibility index (Phi) is 3.34. The fraction of sp³-hybridized carbons (Fsp3) is 0.933. The Morgan fingerprint density at radius 1 is 1.10 bits per heavy atom. The van der Waals surface area contributed by atoms with E-state index in [-0.39, 0.29) is 6.03 Å². The first-order valence-corrected chi connectivity index (χ1v) is 8.32. The van der Waals surface area contributed by atoms with E-state index in [1.165, 1.54) is 32.2 Å². The van der Waals surface area contributed by atoms with Gasteiger partial charge in [0.2, 0.25) is 0 Å². The standard InChI is InChI=1S/C15H26N4O/c20-15(18-14-11-8-16-9-12(11)14)19-6-3-10(4-7-19)13-2-1-5-17-13/h10-14,16-17H,1-9H2,(H,18,20)/t11-,12+,13?,14?. The number of nitrogens with one attached hydrogen (secondary N) is 3. The first-order valence-electron chi connectivity index (χ1n) is 8.32. The minimum Gasteiger partial charge on any atom is -0.335 e. The molecule has 1 aliphatic carbocycles. The van der Waals surface area contributed by atoms with Crippen molar-refractivity contribution in [1.29, 1.82) is 0 Å². The fourth-order valence-corrected chi connectivity index (χ4v) is 4.49. The van der Waals surface area contributed by atoms with Crippen LogP contribution in [0.4, 0.5) is 4.79 Å². The van der Waals surface area contributed by atoms with Gasteiger partial charge < -0.3 is 20.9 Å². The molecule has 20 heavy (non-hydrogen) atoms. The third-order valence-corrected chi connectivity index (χ3v) is 5.88. The van der Waals surface area contributed by atoms with Crippen molar-refractivity contribution < 1.29 is 4.79 Å². The van der Waals surface area contributed by atoms with Crippen LogP contribution in [0.1, 0.15) is 25.7 Å². The first kappa shape index (κ1) is 12.9. The number of amides is 2. The molecule has 3 heterocycles. The number of hydrogen-bond donors (Lipinski definition) is 3. The van der Waals surface area contributed by atoms with Crippen LogP contribution in [0.3, 0.4) is 0 Å². The fourth-order valence-electron chi connectivity index (χ4n) is 4.49. The largest absolute Gasteiger partial charge is 0.335 e. The second-order valence-corrected chi connectivity index (χ2v) is 6.99. The summed E-state index contributed by atoms with van der Waals surface area (Å²) < 4.78 is 0. The molecule has 4 rings (SSSR count). The molecule has 4 atom stereocenters. The van der Waals surface area contributed by atoms with Gasteiger partial charge in [-0.1, -0.05) is 0 Å². The van der Waals surface area contributed by atoms with Crippen molar-refractivity contribution in [3.63, 3.8) is 0 Å². The Hall–Kier alpha value is -0.810. The van der Waals surface area contributed by atoms with E-state index in [4.69, 9.17) is 0 Å². The van der Waals surface area contributed by atoms with E-state index in [2.05, 4.69) is 16.0 Å². The van der Waals surface area contributed by atoms with Crippen molar-refractivity contribution in [1.82, 2.24) is 20.9 Å². The van der Waals surface area contributed by atoms with Crippen LogP contribution in [-0.4, -0.2) is 55.7 Å². The number of hydrogen-bond acceptors (Lipinski definition) is 3. The molecule has 5 heteroatoms. The molecule has 1 saturated carbocycles. The van der Waals surface area contributed by atoms with Crippen molar-refractivity contribution in [3.05, 3.63) is 0 Å². The number of rotatable bonds is 2. The van der Waals surface area contributed by atoms with Crippen LogP contribution >= 0.6 is 0 Å². The van der Waals surface area contributed by atoms with Gasteiger partial charge in [0, 0.05) is 38.3 Å². The number of carbonyl (C=O) groups excluding carboxylic acids is 1. The lowest BCUT2D eigenvalue weighted by molar-refractivity contribution is 0.159. The monoisotopic (exact) mass is 278 g/mol. The van der Waals surface area contributed by atoms with Gasteiger partial charge in [-0.25, -0.2) is 4.79 Å². The number of nitrogens with zero attached hydrogens (tertiary/aromatic N) is 1. The van der Waals surface area contributed by atoms with Gasteiger partial charge in [-0.05, 0) is 50.0 Å². The van der Waals surface area contributed by atoms with E-state index >= 15 is 0 Å². The third-order valence-electron chi connectivity index (χ3n) is 5.88. The lowest BCUT2D eigenvalue weighted by atomic mass is 9.89. The molecule has 0 radical (unpaired) electrons. The molecule has 3 N–H and O–H groups in total. The number of carbonyl (C=O) groups is 1. The van der Waals surface area contributed by atoms with E-state index in [1.807, 2.05) is 4.90 Å². The van der Waals surface area contributed by atoms with E-state index in [9.17, 15) is 4.79 Å². The molecule has 5 nitrogen and oxygen atoms in total. The Morgan fingerprint density at radius 2 is 1.85 bits per heavy atom. The molecular formula is C15H26N4O. The van der Waals surface area contributed by atoms with Crippen molar-refractivity contribution >= 4 is 6.03 Å². The van der Waals surface area contributed by atoms with Gasteiger partial charge in [0.15, 0.2) is 0 Å². The molecular weight excluding hydrogens is 252 g/mol. The van der Waals surface area contributed by atoms with E-state index in [0.29, 0.717) is 23.9 Å². The van der Waals surface area contributed by atoms with Gasteiger partial charge in [-0.15, -0.1) is 0 Å². The second kappa shape index (κ2) is 5.19. The highest BCUT2D eigenvalue weighted by molar-refractivity contribution is 5.75. The number of likely N-dealkylation sites (tertiary alicyclic amines) is 1. The van der Waals surface area contributed by atoms with Crippen LogP contribution in [0.15, 0.2) is 0 Å². The molecule has 0 aromatic rings. The van der Waals surface area contributed by atoms with Crippen molar-refractivity contribution in [2.75, 3.05) is 32.7 Å². The smallest absolute Gasteiger partial charge is 0.317 e. The van der Waals surface area contributed by atoms with Crippen LogP contribution in [0.5, 0.6) is 0 Å².